The van der Waals surface area contributed by atoms with Crippen molar-refractivity contribution < 1.29 is 53.4 Å². The molecule has 12 atom stereocenters. The average Bonchev–Trinajstić information content (AvgIpc) is 2.96. The zero-order valence-electron chi connectivity index (χ0n) is 27.8. The van der Waals surface area contributed by atoms with E-state index in [-0.39, 0.29) is 25.2 Å². The molecule has 12 nitrogen and oxygen atoms in total. The number of likely N-dealkylation sites (N-methyl/N-ethyl adjacent to an activating group) is 1. The first-order valence-corrected chi connectivity index (χ1v) is 15.8. The molecule has 2 heterocycles. The summed E-state index contributed by atoms with van der Waals surface area (Å²) in [7, 11) is 3.42. The molecule has 256 valence electrons. The van der Waals surface area contributed by atoms with Gasteiger partial charge in [0.05, 0.1) is 36.9 Å². The second-order valence-electron chi connectivity index (χ2n) is 12.7. The highest BCUT2D eigenvalue weighted by atomic mass is 16.7. The minimum atomic E-state index is -1.29. The second kappa shape index (κ2) is 18.0. The third kappa shape index (κ3) is 11.1. The van der Waals surface area contributed by atoms with Gasteiger partial charge in [0.25, 0.3) is 0 Å². The van der Waals surface area contributed by atoms with Gasteiger partial charge in [0.1, 0.15) is 25.1 Å². The quantitative estimate of drug-likeness (QED) is 0.261. The zero-order chi connectivity index (χ0) is 34.0. The maximum Gasteiger partial charge on any atom is 0.308 e. The predicted molar refractivity (Wildman–Crippen MR) is 165 cm³/mol. The number of rotatable bonds is 8. The van der Waals surface area contributed by atoms with Crippen LogP contribution in [0.3, 0.4) is 0 Å². The maximum atomic E-state index is 13.2. The summed E-state index contributed by atoms with van der Waals surface area (Å²) >= 11 is 0. The third-order valence-electron chi connectivity index (χ3n) is 8.83. The zero-order valence-corrected chi connectivity index (χ0v) is 27.8. The van der Waals surface area contributed by atoms with Crippen molar-refractivity contribution in [2.24, 2.45) is 23.7 Å². The highest BCUT2D eigenvalue weighted by Gasteiger charge is 2.47. The molecule has 0 spiro atoms. The van der Waals surface area contributed by atoms with Crippen molar-refractivity contribution in [3.05, 3.63) is 23.8 Å². The SMILES string of the molecule is CC[C@H]1OC(=O)C[C@@H](O)[C@H](C)[C@@H](O[C@@H]2O[C@H](C)[C@H](O)[C@H](N(C)C)[C@H]2O)[C@@H](CC=O)C[C@@H](C)C(=O)/C=C/C(C)=C/[C@@H]1COC(C)=O. The fourth-order valence-corrected chi connectivity index (χ4v) is 6.13. The van der Waals surface area contributed by atoms with E-state index in [2.05, 4.69) is 0 Å². The lowest BCUT2D eigenvalue weighted by atomic mass is 9.79. The fraction of sp³-hybridized carbons (Fsp3) is 0.758. The number of carbonyl (C=O) groups excluding carboxylic acids is 4. The summed E-state index contributed by atoms with van der Waals surface area (Å²) in [4.78, 5) is 51.5. The number of ketones is 1. The lowest BCUT2D eigenvalue weighted by Gasteiger charge is -2.46. The van der Waals surface area contributed by atoms with E-state index in [1.165, 1.54) is 13.0 Å². The molecule has 1 saturated heterocycles. The van der Waals surface area contributed by atoms with E-state index in [0.717, 1.165) is 6.29 Å². The summed E-state index contributed by atoms with van der Waals surface area (Å²) in [5, 5.41) is 33.2. The number of aliphatic hydroxyl groups is 3. The van der Waals surface area contributed by atoms with E-state index in [0.29, 0.717) is 12.0 Å². The van der Waals surface area contributed by atoms with Crippen molar-refractivity contribution in [2.45, 2.75) is 116 Å². The topological polar surface area (TPSA) is 169 Å². The Kier molecular flexibility index (Phi) is 15.5. The van der Waals surface area contributed by atoms with Crippen LogP contribution in [0.1, 0.15) is 67.2 Å². The molecule has 0 aromatic carbocycles. The molecule has 12 heteroatoms. The van der Waals surface area contributed by atoms with Crippen molar-refractivity contribution >= 4 is 24.0 Å². The van der Waals surface area contributed by atoms with Crippen LogP contribution in [0.25, 0.3) is 0 Å². The number of carbonyl (C=O) groups is 4. The monoisotopic (exact) mass is 639 g/mol. The van der Waals surface area contributed by atoms with Gasteiger partial charge in [-0.15, -0.1) is 0 Å². The number of ether oxygens (including phenoxy) is 4. The van der Waals surface area contributed by atoms with Gasteiger partial charge >= 0.3 is 11.9 Å². The van der Waals surface area contributed by atoms with Gasteiger partial charge < -0.3 is 44.0 Å². The van der Waals surface area contributed by atoms with E-state index in [1.54, 1.807) is 58.8 Å². The highest BCUT2D eigenvalue weighted by molar-refractivity contribution is 5.91. The summed E-state index contributed by atoms with van der Waals surface area (Å²) in [5.41, 5.74) is 0.698. The summed E-state index contributed by atoms with van der Waals surface area (Å²) < 4.78 is 23.3. The Balaban J connectivity index is 2.53. The first kappa shape index (κ1) is 38.7. The van der Waals surface area contributed by atoms with Crippen LogP contribution >= 0.6 is 0 Å². The molecule has 0 aromatic rings. The molecule has 2 aliphatic heterocycles. The second-order valence-corrected chi connectivity index (χ2v) is 12.7. The van der Waals surface area contributed by atoms with Gasteiger partial charge in [0.2, 0.25) is 0 Å². The normalized spacial score (nSPS) is 39.4. The van der Waals surface area contributed by atoms with E-state index in [9.17, 15) is 34.5 Å². The predicted octanol–water partition coefficient (Wildman–Crippen LogP) is 1.97. The van der Waals surface area contributed by atoms with Crippen LogP contribution < -0.4 is 0 Å². The lowest BCUT2D eigenvalue weighted by molar-refractivity contribution is -0.304. The smallest absolute Gasteiger partial charge is 0.308 e. The fourth-order valence-electron chi connectivity index (χ4n) is 6.13. The standard InChI is InChI=1S/C33H53NO11/c1-9-27-24(17-42-22(6)36)14-18(2)10-11-25(37)19(3)15-23(12-13-35)32(20(4)26(38)16-28(39)44-27)45-33-31(41)29(34(7)8)30(40)21(5)43-33/h10-11,13-14,19-21,23-24,26-27,29-33,38,40-41H,9,12,15-17H2,1-8H3/b11-10+,18-14+/t19-,20+,21-,23+,24-,26-,27-,29+,30+,31-,32-,33+/m1/s1. The number of hydrogen-bond acceptors (Lipinski definition) is 12. The number of cyclic esters (lactones) is 1. The summed E-state index contributed by atoms with van der Waals surface area (Å²) in [6.45, 7) is 9.92. The van der Waals surface area contributed by atoms with Gasteiger partial charge in [-0.25, -0.2) is 0 Å². The number of nitrogens with zero attached hydrogens (tertiary/aromatic N) is 1. The van der Waals surface area contributed by atoms with Crippen LogP contribution in [0.5, 0.6) is 0 Å². The molecule has 0 aliphatic carbocycles. The molecule has 2 rings (SSSR count). The average molecular weight is 640 g/mol. The Hall–Kier alpha value is -2.48. The van der Waals surface area contributed by atoms with Gasteiger partial charge in [-0.1, -0.05) is 38.5 Å². The first-order valence-electron chi connectivity index (χ1n) is 15.8. The van der Waals surface area contributed by atoms with E-state index in [4.69, 9.17) is 18.9 Å². The molecule has 0 amide bonds. The van der Waals surface area contributed by atoms with Crippen LogP contribution in [0.4, 0.5) is 0 Å². The molecule has 0 aromatic heterocycles. The summed E-state index contributed by atoms with van der Waals surface area (Å²) in [6, 6.07) is -0.725. The van der Waals surface area contributed by atoms with E-state index < -0.39 is 91.0 Å². The van der Waals surface area contributed by atoms with Gasteiger partial charge in [-0.3, -0.25) is 14.4 Å². The Morgan fingerprint density at radius 3 is 2.36 bits per heavy atom. The number of aldehydes is 1. The highest BCUT2D eigenvalue weighted by Crippen LogP contribution is 2.34. The van der Waals surface area contributed by atoms with Crippen molar-refractivity contribution in [2.75, 3.05) is 20.7 Å². The van der Waals surface area contributed by atoms with Crippen LogP contribution in [0.2, 0.25) is 0 Å². The molecule has 0 saturated carbocycles. The van der Waals surface area contributed by atoms with Gasteiger partial charge in [0.15, 0.2) is 12.1 Å². The molecule has 0 radical (unpaired) electrons. The molecule has 45 heavy (non-hydrogen) atoms. The van der Waals surface area contributed by atoms with Crippen molar-refractivity contribution in [3.63, 3.8) is 0 Å². The van der Waals surface area contributed by atoms with Crippen LogP contribution in [-0.4, -0.2) is 114 Å². The Bertz CT molecular complexity index is 1060. The van der Waals surface area contributed by atoms with Crippen LogP contribution in [-0.2, 0) is 38.1 Å². The Morgan fingerprint density at radius 1 is 1.11 bits per heavy atom. The molecule has 0 bridgehead atoms. The number of esters is 2. The van der Waals surface area contributed by atoms with Gasteiger partial charge in [-0.2, -0.15) is 0 Å². The minimum Gasteiger partial charge on any atom is -0.465 e. The maximum absolute atomic E-state index is 13.2. The van der Waals surface area contributed by atoms with E-state index >= 15 is 0 Å². The number of allylic oxidation sites excluding steroid dienone is 3. The lowest BCUT2D eigenvalue weighted by Crippen LogP contribution is -2.63. The van der Waals surface area contributed by atoms with Crippen molar-refractivity contribution in [1.82, 2.24) is 4.90 Å². The molecule has 0 unspecified atom stereocenters. The van der Waals surface area contributed by atoms with E-state index in [1.807, 2.05) is 6.92 Å². The molecular weight excluding hydrogens is 586 g/mol. The largest absolute Gasteiger partial charge is 0.465 e. The Morgan fingerprint density at radius 2 is 1.78 bits per heavy atom. The van der Waals surface area contributed by atoms with Gasteiger partial charge in [-0.05, 0) is 52.8 Å². The van der Waals surface area contributed by atoms with Gasteiger partial charge in [0, 0.05) is 31.1 Å². The van der Waals surface area contributed by atoms with Crippen molar-refractivity contribution in [1.29, 1.82) is 0 Å². The van der Waals surface area contributed by atoms with Crippen molar-refractivity contribution in [3.8, 4) is 0 Å². The molecular formula is C33H53NO11. The third-order valence-corrected chi connectivity index (χ3v) is 8.83. The van der Waals surface area contributed by atoms with Crippen LogP contribution in [0, 0.1) is 23.7 Å². The molecule has 2 aliphatic rings. The first-order chi connectivity index (χ1) is 21.1. The Labute approximate surface area is 266 Å². The molecule has 1 fully saturated rings. The van der Waals surface area contributed by atoms with Crippen LogP contribution in [0.15, 0.2) is 23.8 Å². The minimum absolute atomic E-state index is 0.0136. The molecule has 3 N–H and O–H groups in total. The summed E-state index contributed by atoms with van der Waals surface area (Å²) in [5.74, 6) is -3.75. The number of aliphatic hydroxyl groups excluding tert-OH is 3. The number of hydrogen-bond donors (Lipinski definition) is 3. The summed E-state index contributed by atoms with van der Waals surface area (Å²) in [6.07, 6.45) is -1.32.